The summed E-state index contributed by atoms with van der Waals surface area (Å²) in [6.45, 7) is 1.76. The smallest absolute Gasteiger partial charge is 0.0184 e. The Morgan fingerprint density at radius 3 is 0.938 bits per heavy atom. The number of halogens is 1. The second kappa shape index (κ2) is 12.3. The van der Waals surface area contributed by atoms with E-state index in [1.54, 1.807) is 0 Å². The zero-order valence-electron chi connectivity index (χ0n) is 18.1. The van der Waals surface area contributed by atoms with Gasteiger partial charge in [-0.25, -0.2) is 4.42 Å². The van der Waals surface area contributed by atoms with Gasteiger partial charge in [0.05, 0.1) is 0 Å². The highest BCUT2D eigenvalue weighted by atomic mass is 35.5. The van der Waals surface area contributed by atoms with Gasteiger partial charge in [0.2, 0.25) is 0 Å². The zero-order chi connectivity index (χ0) is 22.0. The first kappa shape index (κ1) is 23.2. The summed E-state index contributed by atoms with van der Waals surface area (Å²) in [4.78, 5) is 0. The molecule has 4 aromatic carbocycles. The molecule has 162 valence electrons. The fraction of sp³-hybridized carbons (Fsp3) is 0.143. The van der Waals surface area contributed by atoms with Gasteiger partial charge in [-0.05, 0) is 61.2 Å². The molecule has 0 fully saturated rings. The van der Waals surface area contributed by atoms with Crippen LogP contribution in [0, 0.1) is 0 Å². The molecule has 1 nitrogen and oxygen atoms in total. The summed E-state index contributed by atoms with van der Waals surface area (Å²) in [5, 5.41) is 5.65. The van der Waals surface area contributed by atoms with Crippen molar-refractivity contribution >= 4 is 48.8 Å². The van der Waals surface area contributed by atoms with E-state index in [0.29, 0.717) is 0 Å². The Hall–Kier alpha value is -2.01. The SMILES string of the molecule is ClN(CCP(c1ccccc1)c1ccccc1)CCP(c1ccccc1)c1ccccc1. The van der Waals surface area contributed by atoms with Crippen molar-refractivity contribution in [3.05, 3.63) is 121 Å². The van der Waals surface area contributed by atoms with Crippen LogP contribution in [0.4, 0.5) is 0 Å². The summed E-state index contributed by atoms with van der Waals surface area (Å²) in [6, 6.07) is 43.5. The van der Waals surface area contributed by atoms with Crippen LogP contribution in [0.1, 0.15) is 0 Å². The second-order valence-corrected chi connectivity index (χ2v) is 12.7. The quantitative estimate of drug-likeness (QED) is 0.210. The maximum Gasteiger partial charge on any atom is 0.0184 e. The maximum absolute atomic E-state index is 6.77. The van der Waals surface area contributed by atoms with Gasteiger partial charge in [0, 0.05) is 13.1 Å². The molecule has 0 bridgehead atoms. The number of hydrogen-bond acceptors (Lipinski definition) is 1. The molecule has 0 saturated heterocycles. The molecule has 0 aromatic heterocycles. The summed E-state index contributed by atoms with van der Waals surface area (Å²) in [7, 11) is -0.836. The summed E-state index contributed by atoms with van der Waals surface area (Å²) < 4.78 is 2.00. The fourth-order valence-electron chi connectivity index (χ4n) is 3.78. The van der Waals surface area contributed by atoms with Crippen LogP contribution >= 0.6 is 27.6 Å². The van der Waals surface area contributed by atoms with Crippen molar-refractivity contribution < 1.29 is 0 Å². The number of hydrogen-bond donors (Lipinski definition) is 0. The monoisotopic (exact) mass is 475 g/mol. The molecule has 4 heteroatoms. The molecule has 0 heterocycles. The number of nitrogens with zero attached hydrogens (tertiary/aromatic N) is 1. The Morgan fingerprint density at radius 1 is 0.438 bits per heavy atom. The molecule has 0 aliphatic carbocycles. The van der Waals surface area contributed by atoms with Crippen molar-refractivity contribution in [1.29, 1.82) is 0 Å². The van der Waals surface area contributed by atoms with E-state index >= 15 is 0 Å². The first-order valence-corrected chi connectivity index (χ1v) is 14.4. The van der Waals surface area contributed by atoms with Crippen LogP contribution in [-0.2, 0) is 0 Å². The number of rotatable bonds is 10. The van der Waals surface area contributed by atoms with E-state index in [9.17, 15) is 0 Å². The Kier molecular flexibility index (Phi) is 8.89. The van der Waals surface area contributed by atoms with E-state index in [4.69, 9.17) is 11.8 Å². The summed E-state index contributed by atoms with van der Waals surface area (Å²) >= 11 is 6.77. The molecule has 0 N–H and O–H groups in total. The predicted molar refractivity (Wildman–Crippen MR) is 145 cm³/mol. The fourth-order valence-corrected chi connectivity index (χ4v) is 8.82. The van der Waals surface area contributed by atoms with Crippen LogP contribution in [0.3, 0.4) is 0 Å². The van der Waals surface area contributed by atoms with Gasteiger partial charge in [0.15, 0.2) is 0 Å². The second-order valence-electron chi connectivity index (χ2n) is 7.56. The van der Waals surface area contributed by atoms with Crippen LogP contribution in [0.25, 0.3) is 0 Å². The summed E-state index contributed by atoms with van der Waals surface area (Å²) in [5.41, 5.74) is 0. The Balaban J connectivity index is 1.42. The molecule has 0 amide bonds. The third kappa shape index (κ3) is 6.50. The first-order valence-electron chi connectivity index (χ1n) is 11.0. The highest BCUT2D eigenvalue weighted by Gasteiger charge is 2.17. The van der Waals surface area contributed by atoms with E-state index in [1.807, 2.05) is 4.42 Å². The van der Waals surface area contributed by atoms with Crippen molar-refractivity contribution in [2.75, 3.05) is 25.4 Å². The molecular weight excluding hydrogens is 448 g/mol. The average molecular weight is 476 g/mol. The molecule has 32 heavy (non-hydrogen) atoms. The van der Waals surface area contributed by atoms with E-state index in [2.05, 4.69) is 121 Å². The predicted octanol–water partition coefficient (Wildman–Crippen LogP) is 5.71. The van der Waals surface area contributed by atoms with Crippen LogP contribution in [0.15, 0.2) is 121 Å². The van der Waals surface area contributed by atoms with Crippen LogP contribution in [-0.4, -0.2) is 29.8 Å². The lowest BCUT2D eigenvalue weighted by molar-refractivity contribution is 0.514. The first-order chi connectivity index (χ1) is 15.8. The molecule has 0 aliphatic heterocycles. The Labute approximate surface area is 199 Å². The van der Waals surface area contributed by atoms with Gasteiger partial charge in [0.1, 0.15) is 0 Å². The van der Waals surface area contributed by atoms with E-state index in [0.717, 1.165) is 25.4 Å². The highest BCUT2D eigenvalue weighted by Crippen LogP contribution is 2.35. The minimum absolute atomic E-state index is 0.418. The summed E-state index contributed by atoms with van der Waals surface area (Å²) in [6.07, 6.45) is 2.11. The van der Waals surface area contributed by atoms with E-state index < -0.39 is 15.8 Å². The van der Waals surface area contributed by atoms with Gasteiger partial charge in [-0.15, -0.1) is 0 Å². The molecule has 0 unspecified atom stereocenters. The van der Waals surface area contributed by atoms with Crippen molar-refractivity contribution in [2.24, 2.45) is 0 Å². The van der Waals surface area contributed by atoms with Gasteiger partial charge in [0.25, 0.3) is 0 Å². The minimum Gasteiger partial charge on any atom is -0.219 e. The van der Waals surface area contributed by atoms with Gasteiger partial charge in [-0.3, -0.25) is 0 Å². The van der Waals surface area contributed by atoms with Crippen LogP contribution < -0.4 is 21.2 Å². The third-order valence-corrected chi connectivity index (χ3v) is 10.7. The average Bonchev–Trinajstić information content (AvgIpc) is 2.87. The summed E-state index contributed by atoms with van der Waals surface area (Å²) in [5.74, 6) is 0. The van der Waals surface area contributed by atoms with Crippen LogP contribution in [0.5, 0.6) is 0 Å². The molecular formula is C28H28ClNP2. The topological polar surface area (TPSA) is 3.24 Å². The van der Waals surface area contributed by atoms with Crippen LogP contribution in [0.2, 0.25) is 0 Å². The van der Waals surface area contributed by atoms with Gasteiger partial charge in [-0.1, -0.05) is 121 Å². The largest absolute Gasteiger partial charge is 0.219 e. The van der Waals surface area contributed by atoms with E-state index in [-0.39, 0.29) is 0 Å². The highest BCUT2D eigenvalue weighted by molar-refractivity contribution is 7.73. The van der Waals surface area contributed by atoms with Crippen molar-refractivity contribution in [1.82, 2.24) is 4.42 Å². The Morgan fingerprint density at radius 2 is 0.688 bits per heavy atom. The number of benzene rings is 4. The molecule has 0 saturated carbocycles. The van der Waals surface area contributed by atoms with Crippen molar-refractivity contribution in [3.8, 4) is 0 Å². The van der Waals surface area contributed by atoms with Crippen molar-refractivity contribution in [2.45, 2.75) is 0 Å². The lowest BCUT2D eigenvalue weighted by Gasteiger charge is -2.24. The van der Waals surface area contributed by atoms with Gasteiger partial charge in [-0.2, -0.15) is 0 Å². The lowest BCUT2D eigenvalue weighted by Crippen LogP contribution is -2.26. The minimum atomic E-state index is -0.418. The maximum atomic E-state index is 6.77. The third-order valence-electron chi connectivity index (χ3n) is 5.40. The van der Waals surface area contributed by atoms with Gasteiger partial charge >= 0.3 is 0 Å². The lowest BCUT2D eigenvalue weighted by atomic mass is 10.4. The van der Waals surface area contributed by atoms with E-state index in [1.165, 1.54) is 21.2 Å². The standard InChI is InChI=1S/C28H28ClNP2/c29-30(21-23-31(25-13-5-1-6-14-25)26-15-7-2-8-16-26)22-24-32(27-17-9-3-10-18-27)28-19-11-4-12-20-28/h1-20H,21-24H2. The molecule has 4 aromatic rings. The molecule has 0 spiro atoms. The zero-order valence-corrected chi connectivity index (χ0v) is 20.6. The van der Waals surface area contributed by atoms with Crippen molar-refractivity contribution in [3.63, 3.8) is 0 Å². The molecule has 4 rings (SSSR count). The molecule has 0 aliphatic rings. The molecule has 0 atom stereocenters. The molecule has 0 radical (unpaired) electrons. The Bertz CT molecular complexity index is 880. The van der Waals surface area contributed by atoms with Gasteiger partial charge < -0.3 is 0 Å². The normalized spacial score (nSPS) is 11.4.